The van der Waals surface area contributed by atoms with Crippen LogP contribution in [0.3, 0.4) is 0 Å². The van der Waals surface area contributed by atoms with Crippen molar-refractivity contribution < 1.29 is 36.2 Å². The molecule has 0 aliphatic rings. The van der Waals surface area contributed by atoms with Crippen LogP contribution in [0.25, 0.3) is 0 Å². The molecule has 1 rings (SSSR count). The number of hydrogen-bond donors (Lipinski definition) is 1. The lowest BCUT2D eigenvalue weighted by Gasteiger charge is -2.14. The first-order valence-electron chi connectivity index (χ1n) is 5.05. The predicted octanol–water partition coefficient (Wildman–Crippen LogP) is 2.16. The van der Waals surface area contributed by atoms with Gasteiger partial charge in [0.1, 0.15) is 5.56 Å². The number of ether oxygens (including phenoxy) is 2. The SMILES string of the molecule is COC(=O)c1cc(C(F)F)c(CN)nc1OC(F)(F)F. The zero-order chi connectivity index (χ0) is 15.5. The van der Waals surface area contributed by atoms with E-state index in [2.05, 4.69) is 14.5 Å². The Morgan fingerprint density at radius 2 is 2.05 bits per heavy atom. The van der Waals surface area contributed by atoms with E-state index in [9.17, 15) is 26.7 Å². The van der Waals surface area contributed by atoms with Gasteiger partial charge in [0.2, 0.25) is 5.88 Å². The number of nitrogens with zero attached hydrogens (tertiary/aromatic N) is 1. The van der Waals surface area contributed by atoms with Gasteiger partial charge in [-0.2, -0.15) is 0 Å². The van der Waals surface area contributed by atoms with Crippen molar-refractivity contribution in [3.63, 3.8) is 0 Å². The Morgan fingerprint density at radius 1 is 1.45 bits per heavy atom. The lowest BCUT2D eigenvalue weighted by atomic mass is 10.1. The van der Waals surface area contributed by atoms with Crippen LogP contribution >= 0.6 is 0 Å². The van der Waals surface area contributed by atoms with E-state index in [1.807, 2.05) is 0 Å². The summed E-state index contributed by atoms with van der Waals surface area (Å²) in [6.45, 7) is -0.546. The van der Waals surface area contributed by atoms with Gasteiger partial charge in [-0.3, -0.25) is 0 Å². The molecule has 1 aromatic rings. The summed E-state index contributed by atoms with van der Waals surface area (Å²) in [6, 6.07) is 0.521. The van der Waals surface area contributed by atoms with Crippen LogP contribution in [0.2, 0.25) is 0 Å². The average molecular weight is 300 g/mol. The van der Waals surface area contributed by atoms with Crippen LogP contribution in [0.4, 0.5) is 22.0 Å². The van der Waals surface area contributed by atoms with E-state index in [-0.39, 0.29) is 0 Å². The van der Waals surface area contributed by atoms with Crippen LogP contribution in [-0.4, -0.2) is 24.4 Å². The zero-order valence-electron chi connectivity index (χ0n) is 10.0. The summed E-state index contributed by atoms with van der Waals surface area (Å²) in [4.78, 5) is 14.5. The minimum atomic E-state index is -5.14. The first kappa shape index (κ1) is 16.1. The normalized spacial score (nSPS) is 11.6. The average Bonchev–Trinajstić information content (AvgIpc) is 2.35. The number of halogens is 5. The molecule has 0 saturated carbocycles. The van der Waals surface area contributed by atoms with Crippen LogP contribution in [0.1, 0.15) is 28.0 Å². The van der Waals surface area contributed by atoms with E-state index >= 15 is 0 Å². The maximum Gasteiger partial charge on any atom is 0.574 e. The second kappa shape index (κ2) is 5.99. The van der Waals surface area contributed by atoms with E-state index in [1.54, 1.807) is 0 Å². The molecule has 20 heavy (non-hydrogen) atoms. The number of carbonyl (C=O) groups is 1. The topological polar surface area (TPSA) is 74.4 Å². The first-order valence-corrected chi connectivity index (χ1v) is 5.05. The summed E-state index contributed by atoms with van der Waals surface area (Å²) in [5.74, 6) is -2.48. The van der Waals surface area contributed by atoms with Gasteiger partial charge in [0.15, 0.2) is 0 Å². The minimum absolute atomic E-state index is 0.507. The van der Waals surface area contributed by atoms with Gasteiger partial charge in [0, 0.05) is 12.1 Å². The van der Waals surface area contributed by atoms with Crippen LogP contribution in [0.15, 0.2) is 6.07 Å². The molecule has 1 aromatic heterocycles. The van der Waals surface area contributed by atoms with Gasteiger partial charge >= 0.3 is 12.3 Å². The second-order valence-electron chi connectivity index (χ2n) is 3.42. The fourth-order valence-corrected chi connectivity index (χ4v) is 1.34. The van der Waals surface area contributed by atoms with Crippen molar-refractivity contribution in [1.29, 1.82) is 0 Å². The molecule has 0 atom stereocenters. The Balaban J connectivity index is 3.43. The van der Waals surface area contributed by atoms with E-state index in [0.717, 1.165) is 7.11 Å². The fourth-order valence-electron chi connectivity index (χ4n) is 1.34. The largest absolute Gasteiger partial charge is 0.574 e. The monoisotopic (exact) mass is 300 g/mol. The van der Waals surface area contributed by atoms with Crippen molar-refractivity contribution in [2.24, 2.45) is 5.73 Å². The number of hydrogen-bond acceptors (Lipinski definition) is 5. The Morgan fingerprint density at radius 3 is 2.45 bits per heavy atom. The smallest absolute Gasteiger partial charge is 0.465 e. The fraction of sp³-hybridized carbons (Fsp3) is 0.400. The molecule has 0 aromatic carbocycles. The van der Waals surface area contributed by atoms with Crippen molar-refractivity contribution in [1.82, 2.24) is 4.98 Å². The van der Waals surface area contributed by atoms with Gasteiger partial charge in [-0.1, -0.05) is 0 Å². The van der Waals surface area contributed by atoms with Crippen LogP contribution in [0.5, 0.6) is 5.88 Å². The molecule has 2 N–H and O–H groups in total. The Kier molecular flexibility index (Phi) is 4.82. The Hall–Kier alpha value is -1.97. The summed E-state index contributed by atoms with van der Waals surface area (Å²) >= 11 is 0. The van der Waals surface area contributed by atoms with E-state index < -0.39 is 48.0 Å². The number of rotatable bonds is 4. The Bertz CT molecular complexity index is 504. The highest BCUT2D eigenvalue weighted by molar-refractivity contribution is 5.92. The molecule has 0 unspecified atom stereocenters. The molecule has 0 saturated heterocycles. The number of alkyl halides is 5. The molecular weight excluding hydrogens is 291 g/mol. The molecule has 5 nitrogen and oxygen atoms in total. The maximum absolute atomic E-state index is 12.7. The molecule has 112 valence electrons. The summed E-state index contributed by atoms with van der Waals surface area (Å²) in [5, 5.41) is 0. The molecule has 0 aliphatic carbocycles. The maximum atomic E-state index is 12.7. The molecule has 0 radical (unpaired) electrons. The number of methoxy groups -OCH3 is 1. The zero-order valence-corrected chi connectivity index (χ0v) is 10.0. The quantitative estimate of drug-likeness (QED) is 0.681. The lowest BCUT2D eigenvalue weighted by molar-refractivity contribution is -0.276. The number of aromatic nitrogens is 1. The lowest BCUT2D eigenvalue weighted by Crippen LogP contribution is -2.22. The molecule has 0 aliphatic heterocycles. The van der Waals surface area contributed by atoms with Gasteiger partial charge in [-0.05, 0) is 6.07 Å². The van der Waals surface area contributed by atoms with Gasteiger partial charge in [-0.25, -0.2) is 18.6 Å². The van der Waals surface area contributed by atoms with Crippen LogP contribution in [-0.2, 0) is 11.3 Å². The number of carbonyl (C=O) groups excluding carboxylic acids is 1. The molecule has 0 spiro atoms. The third-order valence-electron chi connectivity index (χ3n) is 2.15. The molecular formula is C10H9F5N2O3. The molecule has 1 heterocycles. The highest BCUT2D eigenvalue weighted by Gasteiger charge is 2.35. The van der Waals surface area contributed by atoms with Gasteiger partial charge < -0.3 is 15.2 Å². The Labute approximate surface area is 109 Å². The van der Waals surface area contributed by atoms with Crippen molar-refractivity contribution in [3.8, 4) is 5.88 Å². The number of pyridine rings is 1. The highest BCUT2D eigenvalue weighted by atomic mass is 19.4. The first-order chi connectivity index (χ1) is 9.19. The van der Waals surface area contributed by atoms with E-state index in [0.29, 0.717) is 6.07 Å². The van der Waals surface area contributed by atoms with Gasteiger partial charge in [0.25, 0.3) is 6.43 Å². The van der Waals surface area contributed by atoms with Crippen LogP contribution in [0, 0.1) is 0 Å². The summed E-state index contributed by atoms with van der Waals surface area (Å²) in [6.07, 6.45) is -8.21. The summed E-state index contributed by atoms with van der Waals surface area (Å²) in [5.41, 5.74) is 3.00. The predicted molar refractivity (Wildman–Crippen MR) is 55.1 cm³/mol. The molecule has 0 amide bonds. The molecule has 10 heteroatoms. The standard InChI is InChI=1S/C10H9F5N2O3/c1-19-9(18)5-2-4(7(11)12)6(3-16)17-8(5)20-10(13,14)15/h2,7H,3,16H2,1H3. The second-order valence-corrected chi connectivity index (χ2v) is 3.42. The third-order valence-corrected chi connectivity index (χ3v) is 2.15. The number of esters is 1. The summed E-state index contributed by atoms with van der Waals surface area (Å²) in [7, 11) is 0.874. The van der Waals surface area contributed by atoms with E-state index in [1.165, 1.54) is 0 Å². The third kappa shape index (κ3) is 3.76. The summed E-state index contributed by atoms with van der Waals surface area (Å²) < 4.78 is 69.7. The van der Waals surface area contributed by atoms with Crippen molar-refractivity contribution in [2.45, 2.75) is 19.3 Å². The van der Waals surface area contributed by atoms with Crippen molar-refractivity contribution in [2.75, 3.05) is 7.11 Å². The van der Waals surface area contributed by atoms with Crippen molar-refractivity contribution >= 4 is 5.97 Å². The van der Waals surface area contributed by atoms with E-state index in [4.69, 9.17) is 5.73 Å². The van der Waals surface area contributed by atoms with Gasteiger partial charge in [-0.15, -0.1) is 13.2 Å². The molecule has 0 bridgehead atoms. The van der Waals surface area contributed by atoms with Gasteiger partial charge in [0.05, 0.1) is 12.8 Å². The van der Waals surface area contributed by atoms with Crippen LogP contribution < -0.4 is 10.5 Å². The number of nitrogens with two attached hydrogens (primary N) is 1. The minimum Gasteiger partial charge on any atom is -0.465 e. The molecule has 0 fully saturated rings. The van der Waals surface area contributed by atoms with Crippen molar-refractivity contribution in [3.05, 3.63) is 22.9 Å². The highest BCUT2D eigenvalue weighted by Crippen LogP contribution is 2.30.